The van der Waals surface area contributed by atoms with Crippen molar-refractivity contribution in [3.63, 3.8) is 0 Å². The molecule has 1 N–H and O–H groups in total. The minimum atomic E-state index is 0.197. The van der Waals surface area contributed by atoms with Crippen molar-refractivity contribution < 1.29 is 0 Å². The number of nitrogens with zero attached hydrogens (tertiary/aromatic N) is 4. The average molecular weight is 265 g/mol. The smallest absolute Gasteiger partial charge is 0.0843 e. The van der Waals surface area contributed by atoms with E-state index in [2.05, 4.69) is 41.4 Å². The van der Waals surface area contributed by atoms with Crippen molar-refractivity contribution in [2.24, 2.45) is 7.05 Å². The van der Waals surface area contributed by atoms with Crippen molar-refractivity contribution in [1.29, 1.82) is 0 Å². The highest BCUT2D eigenvalue weighted by Gasteiger charge is 2.38. The van der Waals surface area contributed by atoms with E-state index < -0.39 is 0 Å². The molecule has 108 valence electrons. The van der Waals surface area contributed by atoms with Crippen LogP contribution in [0, 0.1) is 0 Å². The van der Waals surface area contributed by atoms with Gasteiger partial charge in [-0.2, -0.15) is 0 Å². The van der Waals surface area contributed by atoms with Crippen LogP contribution < -0.4 is 5.32 Å². The number of rotatable bonds is 6. The molecule has 0 saturated carbocycles. The largest absolute Gasteiger partial charge is 0.315 e. The molecule has 1 aromatic heterocycles. The van der Waals surface area contributed by atoms with Crippen LogP contribution in [-0.2, 0) is 13.5 Å². The van der Waals surface area contributed by atoms with E-state index in [9.17, 15) is 0 Å². The number of hydrogen-bond acceptors (Lipinski definition) is 4. The van der Waals surface area contributed by atoms with Gasteiger partial charge in [0.25, 0.3) is 0 Å². The molecule has 1 saturated heterocycles. The predicted octanol–water partition coefficient (Wildman–Crippen LogP) is 1.21. The van der Waals surface area contributed by atoms with E-state index in [1.165, 1.54) is 25.9 Å². The van der Waals surface area contributed by atoms with Crippen LogP contribution in [0.15, 0.2) is 6.20 Å². The lowest BCUT2D eigenvalue weighted by Crippen LogP contribution is -2.58. The Hall–Kier alpha value is -0.940. The summed E-state index contributed by atoms with van der Waals surface area (Å²) in [6.07, 6.45) is 6.77. The van der Waals surface area contributed by atoms with Gasteiger partial charge in [0.2, 0.25) is 0 Å². The molecule has 0 spiro atoms. The van der Waals surface area contributed by atoms with Crippen LogP contribution in [0.5, 0.6) is 0 Å². The normalized spacial score (nSPS) is 21.5. The number of nitrogens with one attached hydrogen (secondary N) is 1. The maximum atomic E-state index is 4.23. The Bertz CT molecular complexity index is 396. The molecule has 2 atom stereocenters. The minimum Gasteiger partial charge on any atom is -0.315 e. The highest BCUT2D eigenvalue weighted by molar-refractivity contribution is 5.05. The molecular weight excluding hydrogens is 238 g/mol. The molecule has 0 bridgehead atoms. The fourth-order valence-corrected chi connectivity index (χ4v) is 3.25. The molecule has 0 aliphatic carbocycles. The Kier molecular flexibility index (Phi) is 4.58. The van der Waals surface area contributed by atoms with Gasteiger partial charge < -0.3 is 5.32 Å². The molecular formula is C14H27N5. The summed E-state index contributed by atoms with van der Waals surface area (Å²) in [6.45, 7) is 7.13. The number of aryl methyl sites for hydroxylation is 1. The van der Waals surface area contributed by atoms with Crippen molar-refractivity contribution in [2.75, 3.05) is 20.1 Å². The highest BCUT2D eigenvalue weighted by atomic mass is 15.4. The van der Waals surface area contributed by atoms with E-state index in [1.54, 1.807) is 4.68 Å². The maximum absolute atomic E-state index is 4.23. The van der Waals surface area contributed by atoms with Crippen LogP contribution in [0.1, 0.15) is 38.8 Å². The Balaban J connectivity index is 2.13. The summed E-state index contributed by atoms with van der Waals surface area (Å²) in [5.74, 6) is 0. The fourth-order valence-electron chi connectivity index (χ4n) is 3.25. The first-order valence-electron chi connectivity index (χ1n) is 7.37. The summed E-state index contributed by atoms with van der Waals surface area (Å²) in [7, 11) is 3.98. The van der Waals surface area contributed by atoms with Crippen molar-refractivity contribution >= 4 is 0 Å². The number of likely N-dealkylation sites (tertiary alicyclic amines) is 1. The van der Waals surface area contributed by atoms with Crippen LogP contribution in [0.25, 0.3) is 0 Å². The Morgan fingerprint density at radius 1 is 1.42 bits per heavy atom. The Morgan fingerprint density at radius 3 is 2.58 bits per heavy atom. The van der Waals surface area contributed by atoms with Gasteiger partial charge in [-0.3, -0.25) is 9.58 Å². The van der Waals surface area contributed by atoms with Gasteiger partial charge in [-0.25, -0.2) is 0 Å². The second kappa shape index (κ2) is 6.01. The number of hydrogen-bond donors (Lipinski definition) is 1. The highest BCUT2D eigenvalue weighted by Crippen LogP contribution is 2.29. The molecule has 1 aliphatic heterocycles. The molecule has 0 aromatic carbocycles. The molecule has 5 heteroatoms. The summed E-state index contributed by atoms with van der Waals surface area (Å²) < 4.78 is 1.78. The van der Waals surface area contributed by atoms with E-state index in [1.807, 2.05) is 13.2 Å². The van der Waals surface area contributed by atoms with Crippen LogP contribution in [-0.4, -0.2) is 51.6 Å². The minimum absolute atomic E-state index is 0.197. The van der Waals surface area contributed by atoms with Gasteiger partial charge in [0.15, 0.2) is 0 Å². The zero-order valence-corrected chi connectivity index (χ0v) is 12.7. The summed E-state index contributed by atoms with van der Waals surface area (Å²) in [5, 5.41) is 11.8. The van der Waals surface area contributed by atoms with Crippen LogP contribution in [0.3, 0.4) is 0 Å². The first-order chi connectivity index (χ1) is 9.10. The van der Waals surface area contributed by atoms with E-state index >= 15 is 0 Å². The van der Waals surface area contributed by atoms with Gasteiger partial charge in [-0.15, -0.1) is 5.10 Å². The van der Waals surface area contributed by atoms with Crippen LogP contribution >= 0.6 is 0 Å². The summed E-state index contributed by atoms with van der Waals surface area (Å²) in [4.78, 5) is 2.64. The second-order valence-corrected chi connectivity index (χ2v) is 5.83. The topological polar surface area (TPSA) is 46.0 Å². The molecule has 2 rings (SSSR count). The van der Waals surface area contributed by atoms with E-state index in [4.69, 9.17) is 0 Å². The van der Waals surface area contributed by atoms with E-state index in [0.29, 0.717) is 6.04 Å². The second-order valence-electron chi connectivity index (χ2n) is 5.83. The monoisotopic (exact) mass is 265 g/mol. The molecule has 1 aromatic rings. The van der Waals surface area contributed by atoms with Gasteiger partial charge in [-0.05, 0) is 46.3 Å². The molecule has 2 heterocycles. The maximum Gasteiger partial charge on any atom is 0.0843 e. The third-order valence-electron chi connectivity index (χ3n) is 4.71. The Labute approximate surface area is 116 Å². The molecule has 1 fully saturated rings. The lowest BCUT2D eigenvalue weighted by molar-refractivity contribution is 0.0869. The van der Waals surface area contributed by atoms with Gasteiger partial charge >= 0.3 is 0 Å². The van der Waals surface area contributed by atoms with Crippen LogP contribution in [0.2, 0.25) is 0 Å². The summed E-state index contributed by atoms with van der Waals surface area (Å²) in [5.41, 5.74) is 1.27. The van der Waals surface area contributed by atoms with Crippen molar-refractivity contribution in [3.8, 4) is 0 Å². The third-order valence-corrected chi connectivity index (χ3v) is 4.71. The average Bonchev–Trinajstić information content (AvgIpc) is 3.06. The molecule has 0 radical (unpaired) electrons. The van der Waals surface area contributed by atoms with E-state index in [0.717, 1.165) is 18.5 Å². The van der Waals surface area contributed by atoms with Crippen molar-refractivity contribution in [3.05, 3.63) is 11.9 Å². The van der Waals surface area contributed by atoms with Gasteiger partial charge in [-0.1, -0.05) is 12.1 Å². The van der Waals surface area contributed by atoms with Crippen molar-refractivity contribution in [1.82, 2.24) is 25.2 Å². The third kappa shape index (κ3) is 2.98. The molecule has 19 heavy (non-hydrogen) atoms. The van der Waals surface area contributed by atoms with Crippen molar-refractivity contribution in [2.45, 2.75) is 51.1 Å². The number of aromatic nitrogens is 3. The Morgan fingerprint density at radius 2 is 2.11 bits per heavy atom. The summed E-state index contributed by atoms with van der Waals surface area (Å²) in [6, 6.07) is 0.410. The first-order valence-corrected chi connectivity index (χ1v) is 7.37. The standard InChI is InChI=1S/C14H27N5/c1-5-14(2,19-8-6-7-9-19)13(15-3)10-12-11-18(4)17-16-12/h11,13,15H,5-10H2,1-4H3. The lowest BCUT2D eigenvalue weighted by Gasteiger charge is -2.44. The van der Waals surface area contributed by atoms with Gasteiger partial charge in [0.05, 0.1) is 5.69 Å². The van der Waals surface area contributed by atoms with E-state index in [-0.39, 0.29) is 5.54 Å². The summed E-state index contributed by atoms with van der Waals surface area (Å²) >= 11 is 0. The molecule has 2 unspecified atom stereocenters. The molecule has 0 amide bonds. The molecule has 5 nitrogen and oxygen atoms in total. The molecule has 1 aliphatic rings. The number of likely N-dealkylation sites (N-methyl/N-ethyl adjacent to an activating group) is 1. The van der Waals surface area contributed by atoms with Gasteiger partial charge in [0.1, 0.15) is 0 Å². The first kappa shape index (κ1) is 14.5. The fraction of sp³-hybridized carbons (Fsp3) is 0.857. The van der Waals surface area contributed by atoms with Crippen LogP contribution in [0.4, 0.5) is 0 Å². The van der Waals surface area contributed by atoms with Gasteiger partial charge in [0, 0.05) is 31.2 Å². The quantitative estimate of drug-likeness (QED) is 0.840. The predicted molar refractivity (Wildman–Crippen MR) is 77.1 cm³/mol. The zero-order chi connectivity index (χ0) is 13.9. The lowest BCUT2D eigenvalue weighted by atomic mass is 9.85. The SMILES string of the molecule is CCC(C)(C(Cc1cn(C)nn1)NC)N1CCCC1. The zero-order valence-electron chi connectivity index (χ0n) is 12.7.